The second-order valence-electron chi connectivity index (χ2n) is 5.48. The highest BCUT2D eigenvalue weighted by molar-refractivity contribution is 5.89. The zero-order valence-corrected chi connectivity index (χ0v) is 13.3. The molecule has 1 aromatic carbocycles. The van der Waals surface area contributed by atoms with Crippen LogP contribution in [0.15, 0.2) is 42.7 Å². The number of piperazine rings is 1. The van der Waals surface area contributed by atoms with Gasteiger partial charge in [-0.2, -0.15) is 0 Å². The number of carbonyl (C=O) groups is 1. The molecular weight excluding hydrogens is 290 g/mol. The van der Waals surface area contributed by atoms with Crippen LogP contribution in [0.4, 0.5) is 16.2 Å². The van der Waals surface area contributed by atoms with Crippen molar-refractivity contribution < 1.29 is 4.79 Å². The van der Waals surface area contributed by atoms with Crippen LogP contribution in [0.25, 0.3) is 0 Å². The lowest BCUT2D eigenvalue weighted by atomic mass is 10.2. The number of aromatic nitrogens is 2. The maximum Gasteiger partial charge on any atom is 0.322 e. The second kappa shape index (κ2) is 7.09. The summed E-state index contributed by atoms with van der Waals surface area (Å²) in [5, 5.41) is 2.86. The first-order chi connectivity index (χ1) is 11.3. The highest BCUT2D eigenvalue weighted by Crippen LogP contribution is 2.16. The van der Waals surface area contributed by atoms with Crippen LogP contribution in [0.3, 0.4) is 0 Å². The topological polar surface area (TPSA) is 61.4 Å². The quantitative estimate of drug-likeness (QED) is 0.945. The van der Waals surface area contributed by atoms with Gasteiger partial charge in [-0.1, -0.05) is 25.1 Å². The average molecular weight is 311 g/mol. The van der Waals surface area contributed by atoms with Gasteiger partial charge >= 0.3 is 6.03 Å². The number of benzene rings is 1. The van der Waals surface area contributed by atoms with Crippen LogP contribution < -0.4 is 10.2 Å². The summed E-state index contributed by atoms with van der Waals surface area (Å²) in [6.07, 6.45) is 4.10. The Morgan fingerprint density at radius 3 is 2.35 bits per heavy atom. The van der Waals surface area contributed by atoms with Gasteiger partial charge in [0.05, 0.1) is 18.1 Å². The van der Waals surface area contributed by atoms with Gasteiger partial charge in [0.15, 0.2) is 0 Å². The van der Waals surface area contributed by atoms with Gasteiger partial charge in [0, 0.05) is 38.3 Å². The van der Waals surface area contributed by atoms with Crippen molar-refractivity contribution in [2.24, 2.45) is 0 Å². The Kier molecular flexibility index (Phi) is 4.71. The lowest BCUT2D eigenvalue weighted by Gasteiger charge is -2.36. The summed E-state index contributed by atoms with van der Waals surface area (Å²) >= 11 is 0. The number of amides is 2. The average Bonchev–Trinajstić information content (AvgIpc) is 2.63. The first-order valence-corrected chi connectivity index (χ1v) is 7.93. The summed E-state index contributed by atoms with van der Waals surface area (Å²) in [4.78, 5) is 24.8. The lowest BCUT2D eigenvalue weighted by molar-refractivity contribution is 0.208. The zero-order chi connectivity index (χ0) is 16.1. The van der Waals surface area contributed by atoms with Crippen LogP contribution in [0.5, 0.6) is 0 Å². The van der Waals surface area contributed by atoms with E-state index in [9.17, 15) is 4.79 Å². The molecule has 2 aromatic rings. The minimum absolute atomic E-state index is 0.0921. The minimum Gasteiger partial charge on any atom is -0.368 e. The molecule has 0 saturated carbocycles. The van der Waals surface area contributed by atoms with E-state index in [1.165, 1.54) is 5.69 Å². The number of nitrogens with zero attached hydrogens (tertiary/aromatic N) is 4. The van der Waals surface area contributed by atoms with Crippen LogP contribution in [0.2, 0.25) is 0 Å². The smallest absolute Gasteiger partial charge is 0.322 e. The predicted molar refractivity (Wildman–Crippen MR) is 90.7 cm³/mol. The van der Waals surface area contributed by atoms with Crippen LogP contribution in [-0.2, 0) is 6.42 Å². The van der Waals surface area contributed by atoms with Crippen molar-refractivity contribution in [2.45, 2.75) is 13.3 Å². The summed E-state index contributed by atoms with van der Waals surface area (Å²) in [5.74, 6) is 0.777. The van der Waals surface area contributed by atoms with E-state index in [1.807, 2.05) is 30.0 Å². The third-order valence-electron chi connectivity index (χ3n) is 3.96. The molecule has 0 radical (unpaired) electrons. The van der Waals surface area contributed by atoms with E-state index < -0.39 is 0 Å². The monoisotopic (exact) mass is 311 g/mol. The normalized spacial score (nSPS) is 14.7. The number of rotatable bonds is 3. The number of nitrogens with one attached hydrogen (secondary N) is 1. The first-order valence-electron chi connectivity index (χ1n) is 7.93. The fourth-order valence-corrected chi connectivity index (χ4v) is 2.61. The maximum atomic E-state index is 12.3. The zero-order valence-electron chi connectivity index (χ0n) is 13.3. The number of urea groups is 1. The van der Waals surface area contributed by atoms with Gasteiger partial charge in [-0.25, -0.2) is 14.8 Å². The molecule has 0 unspecified atom stereocenters. The molecule has 1 saturated heterocycles. The Hall–Kier alpha value is -2.63. The lowest BCUT2D eigenvalue weighted by Crippen LogP contribution is -2.50. The largest absolute Gasteiger partial charge is 0.368 e. The van der Waals surface area contributed by atoms with Crippen LogP contribution in [0, 0.1) is 0 Å². The van der Waals surface area contributed by atoms with E-state index in [0.717, 1.165) is 25.3 Å². The highest BCUT2D eigenvalue weighted by Gasteiger charge is 2.21. The third-order valence-corrected chi connectivity index (χ3v) is 3.96. The van der Waals surface area contributed by atoms with Gasteiger partial charge in [0.1, 0.15) is 5.82 Å². The number of hydrogen-bond acceptors (Lipinski definition) is 4. The molecule has 0 spiro atoms. The molecule has 1 fully saturated rings. The standard InChI is InChI=1S/C17H21N5O/c1-2-16-18-12-14(13-19-16)20-17(23)22-10-8-21(9-11-22)15-6-4-3-5-7-15/h3-7,12-13H,2,8-11H2,1H3,(H,20,23). The van der Waals surface area contributed by atoms with Crippen molar-refractivity contribution in [3.8, 4) is 0 Å². The van der Waals surface area contributed by atoms with Gasteiger partial charge in [-0.3, -0.25) is 0 Å². The molecule has 1 N–H and O–H groups in total. The van der Waals surface area contributed by atoms with E-state index in [1.54, 1.807) is 12.4 Å². The SMILES string of the molecule is CCc1ncc(NC(=O)N2CCN(c3ccccc3)CC2)cn1. The molecule has 23 heavy (non-hydrogen) atoms. The fraction of sp³-hybridized carbons (Fsp3) is 0.353. The third kappa shape index (κ3) is 3.77. The first kappa shape index (κ1) is 15.3. The van der Waals surface area contributed by atoms with Crippen molar-refractivity contribution in [1.29, 1.82) is 0 Å². The molecule has 3 rings (SSSR count). The molecule has 0 atom stereocenters. The van der Waals surface area contributed by atoms with Gasteiger partial charge in [0.25, 0.3) is 0 Å². The molecule has 2 amide bonds. The summed E-state index contributed by atoms with van der Waals surface area (Å²) in [5.41, 5.74) is 1.84. The van der Waals surface area contributed by atoms with Crippen molar-refractivity contribution in [1.82, 2.24) is 14.9 Å². The van der Waals surface area contributed by atoms with Gasteiger partial charge in [-0.15, -0.1) is 0 Å². The van der Waals surface area contributed by atoms with E-state index >= 15 is 0 Å². The number of aryl methyl sites for hydroxylation is 1. The molecule has 120 valence electrons. The molecule has 2 heterocycles. The van der Waals surface area contributed by atoms with Crippen LogP contribution in [-0.4, -0.2) is 47.1 Å². The Labute approximate surface area is 136 Å². The van der Waals surface area contributed by atoms with Gasteiger partial charge in [0.2, 0.25) is 0 Å². The molecule has 6 heteroatoms. The Morgan fingerprint density at radius 2 is 1.74 bits per heavy atom. The molecular formula is C17H21N5O. The van der Waals surface area contributed by atoms with Gasteiger partial charge in [-0.05, 0) is 12.1 Å². The number of hydrogen-bond donors (Lipinski definition) is 1. The Bertz CT molecular complexity index is 636. The number of carbonyl (C=O) groups excluding carboxylic acids is 1. The summed E-state index contributed by atoms with van der Waals surface area (Å²) in [6, 6.07) is 10.2. The summed E-state index contributed by atoms with van der Waals surface area (Å²) in [7, 11) is 0. The number of para-hydroxylation sites is 1. The minimum atomic E-state index is -0.0921. The van der Waals surface area contributed by atoms with Crippen LogP contribution >= 0.6 is 0 Å². The van der Waals surface area contributed by atoms with Gasteiger partial charge < -0.3 is 15.1 Å². The Morgan fingerprint density at radius 1 is 1.09 bits per heavy atom. The Balaban J connectivity index is 1.53. The predicted octanol–water partition coefficient (Wildman–Crippen LogP) is 2.39. The molecule has 1 aliphatic heterocycles. The van der Waals surface area contributed by atoms with Crippen molar-refractivity contribution in [3.05, 3.63) is 48.5 Å². The van der Waals surface area contributed by atoms with E-state index in [-0.39, 0.29) is 6.03 Å². The molecule has 6 nitrogen and oxygen atoms in total. The highest BCUT2D eigenvalue weighted by atomic mass is 16.2. The van der Waals surface area contributed by atoms with Crippen molar-refractivity contribution in [2.75, 3.05) is 36.4 Å². The summed E-state index contributed by atoms with van der Waals surface area (Å²) in [6.45, 7) is 5.08. The van der Waals surface area contributed by atoms with Crippen molar-refractivity contribution >= 4 is 17.4 Å². The van der Waals surface area contributed by atoms with E-state index in [0.29, 0.717) is 18.8 Å². The molecule has 0 bridgehead atoms. The molecule has 0 aliphatic carbocycles. The molecule has 1 aromatic heterocycles. The molecule has 1 aliphatic rings. The maximum absolute atomic E-state index is 12.3. The van der Waals surface area contributed by atoms with Crippen molar-refractivity contribution in [3.63, 3.8) is 0 Å². The fourth-order valence-electron chi connectivity index (χ4n) is 2.61. The summed E-state index contributed by atoms with van der Waals surface area (Å²) < 4.78 is 0. The van der Waals surface area contributed by atoms with E-state index in [4.69, 9.17) is 0 Å². The van der Waals surface area contributed by atoms with Crippen LogP contribution in [0.1, 0.15) is 12.7 Å². The number of anilines is 2. The van der Waals surface area contributed by atoms with E-state index in [2.05, 4.69) is 32.3 Å². The second-order valence-corrected chi connectivity index (χ2v) is 5.48.